The van der Waals surface area contributed by atoms with E-state index in [1.54, 1.807) is 11.8 Å². The van der Waals surface area contributed by atoms with Crippen LogP contribution < -0.4 is 5.73 Å². The van der Waals surface area contributed by atoms with Gasteiger partial charge in [0.25, 0.3) is 0 Å². The number of aromatic nitrogens is 2. The van der Waals surface area contributed by atoms with Gasteiger partial charge < -0.3 is 10.2 Å². The highest BCUT2D eigenvalue weighted by Crippen LogP contribution is 2.22. The van der Waals surface area contributed by atoms with E-state index in [1.165, 1.54) is 4.90 Å². The largest absolute Gasteiger partial charge is 0.424 e. The van der Waals surface area contributed by atoms with Crippen LogP contribution in [0, 0.1) is 0 Å². The van der Waals surface area contributed by atoms with Gasteiger partial charge in [0.2, 0.25) is 11.8 Å². The van der Waals surface area contributed by atoms with Crippen molar-refractivity contribution in [3.05, 3.63) is 41.6 Å². The van der Waals surface area contributed by atoms with Crippen molar-refractivity contribution >= 4 is 11.8 Å². The summed E-state index contributed by atoms with van der Waals surface area (Å²) in [5, 5.41) is 7.91. The minimum atomic E-state index is 0.578. The molecule has 0 aliphatic heterocycles. The maximum atomic E-state index is 5.54. The van der Waals surface area contributed by atoms with Crippen LogP contribution in [0.5, 0.6) is 0 Å². The van der Waals surface area contributed by atoms with E-state index in [4.69, 9.17) is 10.2 Å². The van der Waals surface area contributed by atoms with Crippen molar-refractivity contribution in [1.82, 2.24) is 10.2 Å². The molecule has 1 aromatic heterocycles. The van der Waals surface area contributed by atoms with Crippen LogP contribution in [0.1, 0.15) is 24.3 Å². The zero-order valence-corrected chi connectivity index (χ0v) is 10.5. The third-order valence-corrected chi connectivity index (χ3v) is 3.33. The fraction of sp³-hybridized carbons (Fsp3) is 0.333. The van der Waals surface area contributed by atoms with E-state index >= 15 is 0 Å². The number of thioether (sulfide) groups is 1. The second-order valence-electron chi connectivity index (χ2n) is 3.58. The molecule has 0 fully saturated rings. The molecule has 90 valence electrons. The Balaban J connectivity index is 1.92. The van der Waals surface area contributed by atoms with E-state index in [1.807, 2.05) is 19.1 Å². The summed E-state index contributed by atoms with van der Waals surface area (Å²) in [4.78, 5) is 1.18. The Morgan fingerprint density at radius 3 is 2.47 bits per heavy atom. The Hall–Kier alpha value is -1.33. The Kier molecular flexibility index (Phi) is 4.17. The van der Waals surface area contributed by atoms with E-state index in [-0.39, 0.29) is 0 Å². The highest BCUT2D eigenvalue weighted by molar-refractivity contribution is 7.98. The van der Waals surface area contributed by atoms with Crippen molar-refractivity contribution in [1.29, 1.82) is 0 Å². The van der Waals surface area contributed by atoms with Crippen LogP contribution in [0.25, 0.3) is 0 Å². The highest BCUT2D eigenvalue weighted by atomic mass is 32.2. The maximum absolute atomic E-state index is 5.54. The Morgan fingerprint density at radius 1 is 1.18 bits per heavy atom. The van der Waals surface area contributed by atoms with Crippen LogP contribution in [0.15, 0.2) is 33.6 Å². The Labute approximate surface area is 105 Å². The van der Waals surface area contributed by atoms with Gasteiger partial charge in [-0.1, -0.05) is 19.1 Å². The summed E-state index contributed by atoms with van der Waals surface area (Å²) in [5.41, 5.74) is 6.68. The fourth-order valence-electron chi connectivity index (χ4n) is 1.36. The van der Waals surface area contributed by atoms with Crippen molar-refractivity contribution in [2.24, 2.45) is 5.73 Å². The first-order valence-corrected chi connectivity index (χ1v) is 6.53. The first kappa shape index (κ1) is 12.1. The molecule has 0 radical (unpaired) electrons. The van der Waals surface area contributed by atoms with Crippen molar-refractivity contribution in [3.8, 4) is 0 Å². The lowest BCUT2D eigenvalue weighted by Crippen LogP contribution is -1.94. The molecule has 17 heavy (non-hydrogen) atoms. The van der Waals surface area contributed by atoms with E-state index < -0.39 is 0 Å². The van der Waals surface area contributed by atoms with Crippen LogP contribution in [0.4, 0.5) is 0 Å². The van der Waals surface area contributed by atoms with Gasteiger partial charge in [-0.15, -0.1) is 22.0 Å². The van der Waals surface area contributed by atoms with Gasteiger partial charge >= 0.3 is 0 Å². The summed E-state index contributed by atoms with van der Waals surface area (Å²) in [5.74, 6) is 2.07. The van der Waals surface area contributed by atoms with Crippen molar-refractivity contribution in [2.45, 2.75) is 30.5 Å². The zero-order chi connectivity index (χ0) is 12.1. The number of nitrogens with two attached hydrogens (primary N) is 1. The van der Waals surface area contributed by atoms with Gasteiger partial charge in [-0.05, 0) is 17.7 Å². The van der Waals surface area contributed by atoms with Gasteiger partial charge in [0, 0.05) is 17.9 Å². The minimum absolute atomic E-state index is 0.578. The summed E-state index contributed by atoms with van der Waals surface area (Å²) in [6, 6.07) is 8.19. The van der Waals surface area contributed by atoms with Gasteiger partial charge in [-0.2, -0.15) is 0 Å². The Morgan fingerprint density at radius 2 is 1.88 bits per heavy atom. The molecule has 0 spiro atoms. The molecule has 0 saturated heterocycles. The lowest BCUT2D eigenvalue weighted by molar-refractivity contribution is 0.470. The smallest absolute Gasteiger partial charge is 0.226 e. The van der Waals surface area contributed by atoms with E-state index in [9.17, 15) is 0 Å². The average Bonchev–Trinajstić information content (AvgIpc) is 2.85. The predicted octanol–water partition coefficient (Wildman–Crippen LogP) is 2.38. The van der Waals surface area contributed by atoms with Crippen LogP contribution in [-0.4, -0.2) is 10.2 Å². The molecule has 1 aromatic carbocycles. The molecule has 0 amide bonds. The molecular weight excluding hydrogens is 234 g/mol. The number of rotatable bonds is 5. The number of aryl methyl sites for hydroxylation is 1. The lowest BCUT2D eigenvalue weighted by Gasteiger charge is -2.00. The third kappa shape index (κ3) is 3.31. The molecule has 2 N–H and O–H groups in total. The molecule has 2 aromatic rings. The van der Waals surface area contributed by atoms with E-state index in [0.29, 0.717) is 24.1 Å². The first-order valence-electron chi connectivity index (χ1n) is 5.55. The second kappa shape index (κ2) is 5.84. The fourth-order valence-corrected chi connectivity index (χ4v) is 2.09. The van der Waals surface area contributed by atoms with Crippen molar-refractivity contribution in [3.63, 3.8) is 0 Å². The normalized spacial score (nSPS) is 10.7. The molecular formula is C12H15N3OS. The lowest BCUT2D eigenvalue weighted by atomic mass is 10.2. The second-order valence-corrected chi connectivity index (χ2v) is 4.63. The summed E-state index contributed by atoms with van der Waals surface area (Å²) in [7, 11) is 0. The number of benzene rings is 1. The monoisotopic (exact) mass is 249 g/mol. The molecule has 5 heteroatoms. The average molecular weight is 249 g/mol. The maximum Gasteiger partial charge on any atom is 0.226 e. The van der Waals surface area contributed by atoms with Crippen LogP contribution in [0.3, 0.4) is 0 Å². The molecule has 2 rings (SSSR count). The third-order valence-electron chi connectivity index (χ3n) is 2.33. The quantitative estimate of drug-likeness (QED) is 0.824. The standard InChI is InChI=1S/C12H15N3OS/c1-2-11-14-15-12(16-11)8-17-10-5-3-9(7-13)4-6-10/h3-6H,2,7-8,13H2,1H3. The summed E-state index contributed by atoms with van der Waals surface area (Å²) >= 11 is 1.68. The van der Waals surface area contributed by atoms with Gasteiger partial charge in [0.1, 0.15) is 0 Å². The number of hydrogen-bond acceptors (Lipinski definition) is 5. The zero-order valence-electron chi connectivity index (χ0n) is 9.72. The molecule has 0 atom stereocenters. The van der Waals surface area contributed by atoms with Gasteiger partial charge in [0.15, 0.2) is 0 Å². The molecule has 0 bridgehead atoms. The highest BCUT2D eigenvalue weighted by Gasteiger charge is 2.04. The molecule has 0 aliphatic rings. The van der Waals surface area contributed by atoms with Gasteiger partial charge in [-0.25, -0.2) is 0 Å². The summed E-state index contributed by atoms with van der Waals surface area (Å²) < 4.78 is 5.44. The van der Waals surface area contributed by atoms with Crippen molar-refractivity contribution in [2.75, 3.05) is 0 Å². The van der Waals surface area contributed by atoms with E-state index in [0.717, 1.165) is 12.0 Å². The number of nitrogens with zero attached hydrogens (tertiary/aromatic N) is 2. The SMILES string of the molecule is CCc1nnc(CSc2ccc(CN)cc2)o1. The first-order chi connectivity index (χ1) is 8.31. The number of hydrogen-bond donors (Lipinski definition) is 1. The van der Waals surface area contributed by atoms with E-state index in [2.05, 4.69) is 22.3 Å². The van der Waals surface area contributed by atoms with Crippen LogP contribution in [-0.2, 0) is 18.7 Å². The van der Waals surface area contributed by atoms with Crippen LogP contribution >= 0.6 is 11.8 Å². The minimum Gasteiger partial charge on any atom is -0.424 e. The van der Waals surface area contributed by atoms with Gasteiger partial charge in [-0.3, -0.25) is 0 Å². The predicted molar refractivity (Wildman–Crippen MR) is 67.6 cm³/mol. The van der Waals surface area contributed by atoms with Crippen molar-refractivity contribution < 1.29 is 4.42 Å². The molecule has 0 saturated carbocycles. The van der Waals surface area contributed by atoms with Crippen LogP contribution in [0.2, 0.25) is 0 Å². The molecule has 4 nitrogen and oxygen atoms in total. The molecule has 0 aliphatic carbocycles. The molecule has 0 unspecified atom stereocenters. The summed E-state index contributed by atoms with van der Waals surface area (Å²) in [6.45, 7) is 2.57. The Bertz CT molecular complexity index is 467. The molecule has 1 heterocycles. The summed E-state index contributed by atoms with van der Waals surface area (Å²) in [6.07, 6.45) is 0.781. The topological polar surface area (TPSA) is 64.9 Å². The van der Waals surface area contributed by atoms with Gasteiger partial charge in [0.05, 0.1) is 5.75 Å².